The van der Waals surface area contributed by atoms with E-state index in [0.29, 0.717) is 23.3 Å². The molecule has 1 aliphatic heterocycles. The van der Waals surface area contributed by atoms with E-state index in [2.05, 4.69) is 22.5 Å². The quantitative estimate of drug-likeness (QED) is 0.874. The van der Waals surface area contributed by atoms with Crippen molar-refractivity contribution in [1.82, 2.24) is 10.2 Å². The van der Waals surface area contributed by atoms with Crippen LogP contribution in [0.15, 0.2) is 24.3 Å². The van der Waals surface area contributed by atoms with Crippen molar-refractivity contribution in [3.05, 3.63) is 29.3 Å². The number of nitrogens with zero attached hydrogens (tertiary/aromatic N) is 1. The predicted octanol–water partition coefficient (Wildman–Crippen LogP) is 1.57. The van der Waals surface area contributed by atoms with Gasteiger partial charge in [0.1, 0.15) is 0 Å². The van der Waals surface area contributed by atoms with Crippen molar-refractivity contribution in [3.8, 4) is 0 Å². The first kappa shape index (κ1) is 13.3. The molecule has 98 valence electrons. The number of anilines is 1. The molecule has 0 unspecified atom stereocenters. The highest BCUT2D eigenvalue weighted by molar-refractivity contribution is 6.33. The zero-order chi connectivity index (χ0) is 13.0. The van der Waals surface area contributed by atoms with Gasteiger partial charge in [-0.05, 0) is 19.1 Å². The van der Waals surface area contributed by atoms with Crippen molar-refractivity contribution >= 4 is 23.2 Å². The van der Waals surface area contributed by atoms with Crippen LogP contribution in [0.4, 0.5) is 5.69 Å². The summed E-state index contributed by atoms with van der Waals surface area (Å²) in [5.74, 6) is -0.0165. The molecule has 4 nitrogen and oxygen atoms in total. The molecular formula is C13H18ClN3O. The third kappa shape index (κ3) is 3.70. The first-order chi connectivity index (χ1) is 8.65. The fraction of sp³-hybridized carbons (Fsp3) is 0.462. The predicted molar refractivity (Wildman–Crippen MR) is 74.0 cm³/mol. The Morgan fingerprint density at radius 3 is 3.06 bits per heavy atom. The van der Waals surface area contributed by atoms with Gasteiger partial charge in [0.05, 0.1) is 17.3 Å². The highest BCUT2D eigenvalue weighted by Gasteiger charge is 2.18. The Hall–Kier alpha value is -1.10. The normalized spacial score (nSPS) is 20.7. The van der Waals surface area contributed by atoms with Gasteiger partial charge in [-0.3, -0.25) is 9.69 Å². The smallest absolute Gasteiger partial charge is 0.238 e. The van der Waals surface area contributed by atoms with Gasteiger partial charge in [0.25, 0.3) is 0 Å². The molecule has 1 heterocycles. The monoisotopic (exact) mass is 267 g/mol. The van der Waals surface area contributed by atoms with Gasteiger partial charge in [-0.15, -0.1) is 0 Å². The third-order valence-electron chi connectivity index (χ3n) is 2.97. The number of nitrogens with one attached hydrogen (secondary N) is 2. The van der Waals surface area contributed by atoms with Crippen LogP contribution in [0.25, 0.3) is 0 Å². The van der Waals surface area contributed by atoms with Crippen LogP contribution in [0.5, 0.6) is 0 Å². The molecule has 0 aromatic heterocycles. The van der Waals surface area contributed by atoms with Crippen LogP contribution in [0.1, 0.15) is 6.92 Å². The maximum atomic E-state index is 11.9. The zero-order valence-corrected chi connectivity index (χ0v) is 11.2. The van der Waals surface area contributed by atoms with E-state index in [1.165, 1.54) is 0 Å². The first-order valence-electron chi connectivity index (χ1n) is 6.15. The zero-order valence-electron chi connectivity index (χ0n) is 10.4. The topological polar surface area (TPSA) is 44.4 Å². The van der Waals surface area contributed by atoms with Crippen LogP contribution >= 0.6 is 11.6 Å². The summed E-state index contributed by atoms with van der Waals surface area (Å²) in [5, 5.41) is 6.76. The Balaban J connectivity index is 1.87. The van der Waals surface area contributed by atoms with Gasteiger partial charge in [0.2, 0.25) is 5.91 Å². The van der Waals surface area contributed by atoms with Crippen molar-refractivity contribution in [2.24, 2.45) is 0 Å². The minimum absolute atomic E-state index is 0.0165. The Bertz CT molecular complexity index is 424. The maximum absolute atomic E-state index is 11.9. The summed E-state index contributed by atoms with van der Waals surface area (Å²) in [4.78, 5) is 14.1. The number of halogens is 1. The molecular weight excluding hydrogens is 250 g/mol. The summed E-state index contributed by atoms with van der Waals surface area (Å²) in [7, 11) is 0. The molecule has 0 saturated carbocycles. The van der Waals surface area contributed by atoms with E-state index in [1.54, 1.807) is 12.1 Å². The molecule has 1 aromatic rings. The Labute approximate surface area is 112 Å². The third-order valence-corrected chi connectivity index (χ3v) is 3.30. The number of benzene rings is 1. The molecule has 1 aromatic carbocycles. The van der Waals surface area contributed by atoms with Gasteiger partial charge in [0.15, 0.2) is 0 Å². The number of carbonyl (C=O) groups is 1. The van der Waals surface area contributed by atoms with Crippen molar-refractivity contribution in [2.45, 2.75) is 13.0 Å². The SMILES string of the molecule is C[C@@H]1CN(CC(=O)Nc2ccccc2Cl)CCN1. The molecule has 0 radical (unpaired) electrons. The number of hydrogen-bond donors (Lipinski definition) is 2. The van der Waals surface area contributed by atoms with Gasteiger partial charge in [-0.2, -0.15) is 0 Å². The van der Waals surface area contributed by atoms with Crippen LogP contribution in [-0.2, 0) is 4.79 Å². The Kier molecular flexibility index (Phi) is 4.58. The average molecular weight is 268 g/mol. The number of para-hydroxylation sites is 1. The van der Waals surface area contributed by atoms with Gasteiger partial charge in [-0.1, -0.05) is 23.7 Å². The molecule has 5 heteroatoms. The lowest BCUT2D eigenvalue weighted by Crippen LogP contribution is -2.51. The lowest BCUT2D eigenvalue weighted by atomic mass is 10.2. The Morgan fingerprint density at radius 1 is 1.56 bits per heavy atom. The van der Waals surface area contributed by atoms with Crippen LogP contribution in [0.3, 0.4) is 0 Å². The standard InChI is InChI=1S/C13H18ClN3O/c1-10-8-17(7-6-15-10)9-13(18)16-12-5-3-2-4-11(12)14/h2-5,10,15H,6-9H2,1H3,(H,16,18)/t10-/m1/s1. The van der Waals surface area contributed by atoms with E-state index in [4.69, 9.17) is 11.6 Å². The van der Waals surface area contributed by atoms with E-state index in [0.717, 1.165) is 19.6 Å². The van der Waals surface area contributed by atoms with E-state index in [9.17, 15) is 4.79 Å². The van der Waals surface area contributed by atoms with Crippen LogP contribution in [0.2, 0.25) is 5.02 Å². The fourth-order valence-electron chi connectivity index (χ4n) is 2.11. The van der Waals surface area contributed by atoms with Crippen molar-refractivity contribution in [3.63, 3.8) is 0 Å². The molecule has 2 N–H and O–H groups in total. The summed E-state index contributed by atoms with van der Waals surface area (Å²) in [6, 6.07) is 7.71. The molecule has 2 rings (SSSR count). The summed E-state index contributed by atoms with van der Waals surface area (Å²) < 4.78 is 0. The average Bonchev–Trinajstić information content (AvgIpc) is 2.32. The van der Waals surface area contributed by atoms with Crippen LogP contribution in [0, 0.1) is 0 Å². The van der Waals surface area contributed by atoms with Gasteiger partial charge >= 0.3 is 0 Å². The molecule has 1 atom stereocenters. The maximum Gasteiger partial charge on any atom is 0.238 e. The molecule has 1 aliphatic rings. The number of carbonyl (C=O) groups excluding carboxylic acids is 1. The second-order valence-corrected chi connectivity index (χ2v) is 5.03. The largest absolute Gasteiger partial charge is 0.324 e. The second kappa shape index (κ2) is 6.18. The molecule has 0 spiro atoms. The number of amides is 1. The molecule has 1 saturated heterocycles. The minimum atomic E-state index is -0.0165. The first-order valence-corrected chi connectivity index (χ1v) is 6.53. The fourth-order valence-corrected chi connectivity index (χ4v) is 2.29. The van der Waals surface area contributed by atoms with Gasteiger partial charge in [-0.25, -0.2) is 0 Å². The second-order valence-electron chi connectivity index (χ2n) is 4.62. The summed E-state index contributed by atoms with van der Waals surface area (Å²) in [5.41, 5.74) is 0.673. The van der Waals surface area contributed by atoms with E-state index >= 15 is 0 Å². The number of rotatable bonds is 3. The molecule has 0 bridgehead atoms. The highest BCUT2D eigenvalue weighted by atomic mass is 35.5. The van der Waals surface area contributed by atoms with E-state index < -0.39 is 0 Å². The minimum Gasteiger partial charge on any atom is -0.324 e. The van der Waals surface area contributed by atoms with Crippen molar-refractivity contribution < 1.29 is 4.79 Å². The molecule has 18 heavy (non-hydrogen) atoms. The summed E-state index contributed by atoms with van der Waals surface area (Å²) in [6.45, 7) is 5.27. The summed E-state index contributed by atoms with van der Waals surface area (Å²) in [6.07, 6.45) is 0. The van der Waals surface area contributed by atoms with Crippen LogP contribution < -0.4 is 10.6 Å². The summed E-state index contributed by atoms with van der Waals surface area (Å²) >= 11 is 6.00. The van der Waals surface area contributed by atoms with E-state index in [-0.39, 0.29) is 5.91 Å². The Morgan fingerprint density at radius 2 is 2.33 bits per heavy atom. The molecule has 1 amide bonds. The highest BCUT2D eigenvalue weighted by Crippen LogP contribution is 2.20. The molecule has 0 aliphatic carbocycles. The van der Waals surface area contributed by atoms with Gasteiger partial charge < -0.3 is 10.6 Å². The van der Waals surface area contributed by atoms with Gasteiger partial charge in [0, 0.05) is 25.7 Å². The number of piperazine rings is 1. The number of hydrogen-bond acceptors (Lipinski definition) is 3. The van der Waals surface area contributed by atoms with Crippen molar-refractivity contribution in [2.75, 3.05) is 31.5 Å². The van der Waals surface area contributed by atoms with Crippen LogP contribution in [-0.4, -0.2) is 43.0 Å². The lowest BCUT2D eigenvalue weighted by molar-refractivity contribution is -0.117. The van der Waals surface area contributed by atoms with E-state index in [1.807, 2.05) is 12.1 Å². The van der Waals surface area contributed by atoms with Crippen molar-refractivity contribution in [1.29, 1.82) is 0 Å². The molecule has 1 fully saturated rings. The lowest BCUT2D eigenvalue weighted by Gasteiger charge is -2.31.